The first-order chi connectivity index (χ1) is 9.30. The van der Waals surface area contributed by atoms with Crippen molar-refractivity contribution in [2.45, 2.75) is 18.5 Å². The van der Waals surface area contributed by atoms with Crippen LogP contribution in [-0.4, -0.2) is 18.5 Å². The van der Waals surface area contributed by atoms with E-state index in [-0.39, 0.29) is 0 Å². The van der Waals surface area contributed by atoms with Crippen LogP contribution in [0, 0.1) is 29.1 Å². The second kappa shape index (κ2) is 5.22. The highest BCUT2D eigenvalue weighted by Crippen LogP contribution is 2.39. The van der Waals surface area contributed by atoms with Gasteiger partial charge in [-0.2, -0.15) is 30.7 Å². The summed E-state index contributed by atoms with van der Waals surface area (Å²) in [5.74, 6) is -16.9. The lowest BCUT2D eigenvalue weighted by Gasteiger charge is -2.23. The molecule has 0 radical (unpaired) electrons. The minimum Gasteiger partial charge on any atom is -0.424 e. The summed E-state index contributed by atoms with van der Waals surface area (Å²) in [6, 6.07) is 0. The first-order valence-corrected chi connectivity index (χ1v) is 4.59. The standard InChI is InChI=1S/C9HF11O/c10-1-2(11)4(13)6(5(14)3(1)12)21-9(19,20)7(15)8(16,17)18/h7H. The molecule has 21 heavy (non-hydrogen) atoms. The third-order valence-corrected chi connectivity index (χ3v) is 1.99. The Morgan fingerprint density at radius 3 is 1.33 bits per heavy atom. The number of rotatable bonds is 3. The smallest absolute Gasteiger partial charge is 0.424 e. The highest BCUT2D eigenvalue weighted by Gasteiger charge is 2.60. The molecule has 1 aromatic rings. The van der Waals surface area contributed by atoms with E-state index in [0.717, 1.165) is 0 Å². The van der Waals surface area contributed by atoms with Gasteiger partial charge in [-0.05, 0) is 0 Å². The maximum absolute atomic E-state index is 12.9. The van der Waals surface area contributed by atoms with Crippen LogP contribution in [-0.2, 0) is 0 Å². The van der Waals surface area contributed by atoms with Crippen molar-refractivity contribution in [1.82, 2.24) is 0 Å². The fourth-order valence-corrected chi connectivity index (χ4v) is 1.05. The SMILES string of the molecule is Fc1c(F)c(F)c(OC(F)(F)C(F)C(F)(F)F)c(F)c1F. The van der Waals surface area contributed by atoms with Gasteiger partial charge in [0.05, 0.1) is 0 Å². The molecule has 1 unspecified atom stereocenters. The van der Waals surface area contributed by atoms with Gasteiger partial charge < -0.3 is 4.74 Å². The molecule has 0 aliphatic heterocycles. The van der Waals surface area contributed by atoms with E-state index in [2.05, 4.69) is 4.74 Å². The molecule has 0 saturated heterocycles. The molecule has 0 N–H and O–H groups in total. The normalized spacial score (nSPS) is 14.2. The van der Waals surface area contributed by atoms with Crippen LogP contribution in [0.4, 0.5) is 48.3 Å². The monoisotopic (exact) mass is 334 g/mol. The van der Waals surface area contributed by atoms with Crippen molar-refractivity contribution in [3.63, 3.8) is 0 Å². The molecule has 0 amide bonds. The van der Waals surface area contributed by atoms with Crippen LogP contribution in [0.25, 0.3) is 0 Å². The van der Waals surface area contributed by atoms with Crippen molar-refractivity contribution < 1.29 is 53.0 Å². The van der Waals surface area contributed by atoms with E-state index in [0.29, 0.717) is 0 Å². The third-order valence-electron chi connectivity index (χ3n) is 1.99. The van der Waals surface area contributed by atoms with Crippen molar-refractivity contribution in [2.24, 2.45) is 0 Å². The van der Waals surface area contributed by atoms with E-state index in [1.165, 1.54) is 0 Å². The molecule has 0 heterocycles. The molecule has 1 aromatic carbocycles. The molecule has 0 fully saturated rings. The van der Waals surface area contributed by atoms with Crippen LogP contribution in [0.1, 0.15) is 0 Å². The Morgan fingerprint density at radius 2 is 1.00 bits per heavy atom. The van der Waals surface area contributed by atoms with E-state index in [1.807, 2.05) is 0 Å². The molecular weight excluding hydrogens is 333 g/mol. The first-order valence-electron chi connectivity index (χ1n) is 4.59. The summed E-state index contributed by atoms with van der Waals surface area (Å²) in [6.45, 7) is 0. The van der Waals surface area contributed by atoms with E-state index < -0.39 is 53.3 Å². The Balaban J connectivity index is 3.32. The number of alkyl halides is 6. The summed E-state index contributed by atoms with van der Waals surface area (Å²) in [5, 5.41) is 0. The summed E-state index contributed by atoms with van der Waals surface area (Å²) in [7, 11) is 0. The molecule has 1 atom stereocenters. The Kier molecular flexibility index (Phi) is 4.30. The van der Waals surface area contributed by atoms with Gasteiger partial charge in [-0.1, -0.05) is 0 Å². The van der Waals surface area contributed by atoms with Crippen molar-refractivity contribution in [1.29, 1.82) is 0 Å². The molecule has 1 rings (SSSR count). The predicted octanol–water partition coefficient (Wildman–Crippen LogP) is 4.25. The van der Waals surface area contributed by atoms with Gasteiger partial charge in [0.15, 0.2) is 0 Å². The second-order valence-corrected chi connectivity index (χ2v) is 3.47. The molecule has 0 aliphatic rings. The number of hydrogen-bond donors (Lipinski definition) is 0. The maximum atomic E-state index is 12.9. The summed E-state index contributed by atoms with van der Waals surface area (Å²) >= 11 is 0. The van der Waals surface area contributed by atoms with E-state index in [9.17, 15) is 48.3 Å². The number of hydrogen-bond acceptors (Lipinski definition) is 1. The highest BCUT2D eigenvalue weighted by atomic mass is 19.4. The summed E-state index contributed by atoms with van der Waals surface area (Å²) in [4.78, 5) is 0. The quantitative estimate of drug-likeness (QED) is 0.456. The summed E-state index contributed by atoms with van der Waals surface area (Å²) in [6.07, 6.45) is -17.2. The van der Waals surface area contributed by atoms with Crippen molar-refractivity contribution >= 4 is 0 Å². The molecule has 0 saturated carbocycles. The third kappa shape index (κ3) is 3.13. The zero-order valence-electron chi connectivity index (χ0n) is 9.14. The fourth-order valence-electron chi connectivity index (χ4n) is 1.05. The molecule has 12 heteroatoms. The van der Waals surface area contributed by atoms with Crippen LogP contribution in [0.2, 0.25) is 0 Å². The Labute approximate surface area is 107 Å². The molecule has 0 aliphatic carbocycles. The molecule has 120 valence electrons. The summed E-state index contributed by atoms with van der Waals surface area (Å²) in [5.41, 5.74) is 0. The largest absolute Gasteiger partial charge is 0.439 e. The van der Waals surface area contributed by atoms with Crippen molar-refractivity contribution in [3.05, 3.63) is 29.1 Å². The highest BCUT2D eigenvalue weighted by molar-refractivity contribution is 5.30. The van der Waals surface area contributed by atoms with Crippen LogP contribution in [0.5, 0.6) is 5.75 Å². The zero-order chi connectivity index (χ0) is 16.7. The lowest BCUT2D eigenvalue weighted by molar-refractivity contribution is -0.306. The lowest BCUT2D eigenvalue weighted by Crippen LogP contribution is -2.46. The average molecular weight is 334 g/mol. The van der Waals surface area contributed by atoms with Gasteiger partial charge in [-0.3, -0.25) is 0 Å². The van der Waals surface area contributed by atoms with Gasteiger partial charge in [0.2, 0.25) is 34.8 Å². The Morgan fingerprint density at radius 1 is 0.667 bits per heavy atom. The van der Waals surface area contributed by atoms with E-state index in [1.54, 1.807) is 0 Å². The van der Waals surface area contributed by atoms with Crippen molar-refractivity contribution in [2.75, 3.05) is 0 Å². The number of benzene rings is 1. The molecule has 0 spiro atoms. The fraction of sp³-hybridized carbons (Fsp3) is 0.333. The van der Waals surface area contributed by atoms with Crippen molar-refractivity contribution in [3.8, 4) is 5.75 Å². The molecule has 1 nitrogen and oxygen atoms in total. The maximum Gasteiger partial charge on any atom is 0.439 e. The van der Waals surface area contributed by atoms with Crippen LogP contribution >= 0.6 is 0 Å². The predicted molar refractivity (Wildman–Crippen MR) is 42.8 cm³/mol. The molecular formula is C9HF11O. The minimum atomic E-state index is -6.20. The Hall–Kier alpha value is -1.75. The van der Waals surface area contributed by atoms with Gasteiger partial charge >= 0.3 is 12.3 Å². The van der Waals surface area contributed by atoms with Gasteiger partial charge in [0.1, 0.15) is 0 Å². The first kappa shape index (κ1) is 17.3. The summed E-state index contributed by atoms with van der Waals surface area (Å²) < 4.78 is 139. The number of halogens is 11. The average Bonchev–Trinajstić information content (AvgIpc) is 2.37. The van der Waals surface area contributed by atoms with Crippen LogP contribution < -0.4 is 4.74 Å². The van der Waals surface area contributed by atoms with Crippen LogP contribution in [0.3, 0.4) is 0 Å². The van der Waals surface area contributed by atoms with Crippen LogP contribution in [0.15, 0.2) is 0 Å². The van der Waals surface area contributed by atoms with Gasteiger partial charge in [0, 0.05) is 0 Å². The zero-order valence-corrected chi connectivity index (χ0v) is 9.14. The minimum absolute atomic E-state index is 2.73. The second-order valence-electron chi connectivity index (χ2n) is 3.47. The van der Waals surface area contributed by atoms with Gasteiger partial charge in [-0.25, -0.2) is 17.6 Å². The topological polar surface area (TPSA) is 9.23 Å². The Bertz CT molecular complexity index is 521. The van der Waals surface area contributed by atoms with E-state index >= 15 is 0 Å². The number of ether oxygens (including phenoxy) is 1. The molecule has 0 bridgehead atoms. The molecule has 0 aromatic heterocycles. The van der Waals surface area contributed by atoms with E-state index in [4.69, 9.17) is 0 Å². The van der Waals surface area contributed by atoms with Gasteiger partial charge in [-0.15, -0.1) is 0 Å². The van der Waals surface area contributed by atoms with Gasteiger partial charge in [0.25, 0.3) is 6.17 Å². The lowest BCUT2D eigenvalue weighted by atomic mass is 10.2.